The molecule has 0 unspecified atom stereocenters. The lowest BCUT2D eigenvalue weighted by Gasteiger charge is -2.07. The highest BCUT2D eigenvalue weighted by Gasteiger charge is 2.17. The van der Waals surface area contributed by atoms with E-state index in [0.29, 0.717) is 6.04 Å². The maximum atomic E-state index is 2.48. The molecule has 0 atom stereocenters. The van der Waals surface area contributed by atoms with Crippen molar-refractivity contribution < 1.29 is 4.57 Å². The second-order valence-corrected chi connectivity index (χ2v) is 6.28. The highest BCUT2D eigenvalue weighted by Crippen LogP contribution is 2.10. The fraction of sp³-hybridized carbons (Fsp3) is 0.833. The van der Waals surface area contributed by atoms with Crippen LogP contribution in [0.5, 0.6) is 0 Å². The lowest BCUT2D eigenvalue weighted by molar-refractivity contribution is -0.704. The maximum Gasteiger partial charge on any atom is 0.256 e. The molecular weight excluding hydrogens is 244 g/mol. The molecule has 0 saturated carbocycles. The Kier molecular flexibility index (Phi) is 8.64. The maximum absolute atomic E-state index is 2.48. The highest BCUT2D eigenvalue weighted by atomic mass is 15.2. The van der Waals surface area contributed by atoms with Crippen molar-refractivity contribution in [2.45, 2.75) is 98.1 Å². The Morgan fingerprint density at radius 1 is 0.950 bits per heavy atom. The number of nitrogens with zero attached hydrogens (tertiary/aromatic N) is 2. The van der Waals surface area contributed by atoms with Crippen molar-refractivity contribution in [3.63, 3.8) is 0 Å². The molecule has 2 heteroatoms. The molecule has 0 amide bonds. The van der Waals surface area contributed by atoms with E-state index in [0.717, 1.165) is 0 Å². The van der Waals surface area contributed by atoms with Crippen LogP contribution >= 0.6 is 0 Å². The minimum absolute atomic E-state index is 0.576. The lowest BCUT2D eigenvalue weighted by Crippen LogP contribution is -2.37. The van der Waals surface area contributed by atoms with Gasteiger partial charge in [0.1, 0.15) is 12.4 Å². The van der Waals surface area contributed by atoms with E-state index in [4.69, 9.17) is 0 Å². The van der Waals surface area contributed by atoms with Gasteiger partial charge in [0.2, 0.25) is 0 Å². The van der Waals surface area contributed by atoms with Crippen molar-refractivity contribution in [3.05, 3.63) is 18.2 Å². The van der Waals surface area contributed by atoms with Crippen molar-refractivity contribution >= 4 is 0 Å². The fourth-order valence-corrected chi connectivity index (χ4v) is 2.88. The smallest absolute Gasteiger partial charge is 0.234 e. The standard InChI is InChI=1S/C18H35N2/c1-5-7-8-9-10-11-12-14-19-15-16-20(17(3)4)18(19)13-6-2/h15-17H,5-14H2,1-4H3/q+1. The van der Waals surface area contributed by atoms with E-state index < -0.39 is 0 Å². The third-order valence-corrected chi connectivity index (χ3v) is 4.07. The van der Waals surface area contributed by atoms with Crippen LogP contribution in [-0.4, -0.2) is 4.57 Å². The van der Waals surface area contributed by atoms with Crippen molar-refractivity contribution in [2.75, 3.05) is 0 Å². The summed E-state index contributed by atoms with van der Waals surface area (Å²) in [7, 11) is 0. The van der Waals surface area contributed by atoms with Gasteiger partial charge in [-0.1, -0.05) is 46.0 Å². The molecule has 0 bridgehead atoms. The summed E-state index contributed by atoms with van der Waals surface area (Å²) in [5.41, 5.74) is 0. The molecule has 1 rings (SSSR count). The summed E-state index contributed by atoms with van der Waals surface area (Å²) < 4.78 is 4.92. The number of rotatable bonds is 11. The van der Waals surface area contributed by atoms with Gasteiger partial charge in [0, 0.05) is 6.42 Å². The Labute approximate surface area is 126 Å². The summed E-state index contributed by atoms with van der Waals surface area (Å²) in [6, 6.07) is 0.576. The SMILES string of the molecule is CCCCCCCCC[n+]1ccn(C(C)C)c1CCC. The average Bonchev–Trinajstić information content (AvgIpc) is 2.81. The minimum Gasteiger partial charge on any atom is -0.234 e. The van der Waals surface area contributed by atoms with Crippen molar-refractivity contribution in [1.29, 1.82) is 0 Å². The number of aryl methyl sites for hydroxylation is 1. The largest absolute Gasteiger partial charge is 0.256 e. The predicted molar refractivity (Wildman–Crippen MR) is 87.0 cm³/mol. The summed E-state index contributed by atoms with van der Waals surface area (Å²) in [5, 5.41) is 0. The first-order valence-corrected chi connectivity index (χ1v) is 8.79. The zero-order valence-electron chi connectivity index (χ0n) is 14.2. The molecule has 0 aromatic carbocycles. The lowest BCUT2D eigenvalue weighted by atomic mass is 10.1. The summed E-state index contributed by atoms with van der Waals surface area (Å²) in [6.45, 7) is 10.3. The van der Waals surface area contributed by atoms with Gasteiger partial charge in [-0.25, -0.2) is 9.13 Å². The molecular formula is C18H35N2+. The van der Waals surface area contributed by atoms with Crippen LogP contribution in [0.3, 0.4) is 0 Å². The average molecular weight is 279 g/mol. The second kappa shape index (κ2) is 10.0. The van der Waals surface area contributed by atoms with Crippen LogP contribution in [0.2, 0.25) is 0 Å². The minimum atomic E-state index is 0.576. The molecule has 20 heavy (non-hydrogen) atoms. The molecule has 1 aromatic heterocycles. The van der Waals surface area contributed by atoms with Crippen LogP contribution in [0.1, 0.15) is 90.9 Å². The molecule has 1 heterocycles. The van der Waals surface area contributed by atoms with Crippen LogP contribution in [-0.2, 0) is 13.0 Å². The number of hydrogen-bond acceptors (Lipinski definition) is 0. The van der Waals surface area contributed by atoms with Gasteiger partial charge in [-0.05, 0) is 33.1 Å². The molecule has 0 saturated heterocycles. The van der Waals surface area contributed by atoms with Crippen molar-refractivity contribution in [1.82, 2.24) is 4.57 Å². The van der Waals surface area contributed by atoms with Gasteiger partial charge in [0.15, 0.2) is 0 Å². The molecule has 0 aliphatic rings. The summed E-state index contributed by atoms with van der Waals surface area (Å²) in [4.78, 5) is 0. The summed E-state index contributed by atoms with van der Waals surface area (Å²) in [5.74, 6) is 1.51. The van der Waals surface area contributed by atoms with Gasteiger partial charge in [0.05, 0.1) is 12.6 Å². The van der Waals surface area contributed by atoms with Crippen LogP contribution < -0.4 is 4.57 Å². The molecule has 116 valence electrons. The Hall–Kier alpha value is -0.790. The number of hydrogen-bond donors (Lipinski definition) is 0. The summed E-state index contributed by atoms with van der Waals surface area (Å²) >= 11 is 0. The Balaban J connectivity index is 2.36. The van der Waals surface area contributed by atoms with Gasteiger partial charge in [0.25, 0.3) is 5.82 Å². The summed E-state index contributed by atoms with van der Waals surface area (Å²) in [6.07, 6.45) is 16.7. The van der Waals surface area contributed by atoms with E-state index in [1.165, 1.54) is 70.2 Å². The van der Waals surface area contributed by atoms with Gasteiger partial charge in [-0.2, -0.15) is 0 Å². The first kappa shape index (κ1) is 17.3. The zero-order valence-corrected chi connectivity index (χ0v) is 14.2. The quantitative estimate of drug-likeness (QED) is 0.395. The van der Waals surface area contributed by atoms with Crippen LogP contribution in [0.25, 0.3) is 0 Å². The van der Waals surface area contributed by atoms with E-state index in [1.807, 2.05) is 0 Å². The Morgan fingerprint density at radius 2 is 1.60 bits per heavy atom. The molecule has 0 N–H and O–H groups in total. The van der Waals surface area contributed by atoms with E-state index in [-0.39, 0.29) is 0 Å². The Bertz CT molecular complexity index is 352. The van der Waals surface area contributed by atoms with E-state index in [2.05, 4.69) is 49.2 Å². The number of imidazole rings is 1. The first-order chi connectivity index (χ1) is 9.70. The predicted octanol–water partition coefficient (Wildman–Crippen LogP) is 5.06. The number of aromatic nitrogens is 2. The third kappa shape index (κ3) is 5.68. The van der Waals surface area contributed by atoms with E-state index in [1.54, 1.807) is 0 Å². The monoisotopic (exact) mass is 279 g/mol. The number of unbranched alkanes of at least 4 members (excludes halogenated alkanes) is 6. The van der Waals surface area contributed by atoms with Gasteiger partial charge < -0.3 is 0 Å². The highest BCUT2D eigenvalue weighted by molar-refractivity contribution is 4.86. The molecule has 2 nitrogen and oxygen atoms in total. The van der Waals surface area contributed by atoms with Crippen LogP contribution in [0.15, 0.2) is 12.4 Å². The van der Waals surface area contributed by atoms with Crippen LogP contribution in [0, 0.1) is 0 Å². The first-order valence-electron chi connectivity index (χ1n) is 8.79. The molecule has 1 aromatic rings. The van der Waals surface area contributed by atoms with Crippen LogP contribution in [0.4, 0.5) is 0 Å². The molecule has 0 aliphatic carbocycles. The topological polar surface area (TPSA) is 8.81 Å². The van der Waals surface area contributed by atoms with Gasteiger partial charge in [-0.3, -0.25) is 0 Å². The van der Waals surface area contributed by atoms with Crippen molar-refractivity contribution in [3.8, 4) is 0 Å². The Morgan fingerprint density at radius 3 is 2.20 bits per heavy atom. The second-order valence-electron chi connectivity index (χ2n) is 6.28. The molecule has 0 aliphatic heterocycles. The third-order valence-electron chi connectivity index (χ3n) is 4.07. The van der Waals surface area contributed by atoms with Gasteiger partial charge in [-0.15, -0.1) is 0 Å². The van der Waals surface area contributed by atoms with E-state index in [9.17, 15) is 0 Å². The van der Waals surface area contributed by atoms with Crippen molar-refractivity contribution in [2.24, 2.45) is 0 Å². The fourth-order valence-electron chi connectivity index (χ4n) is 2.88. The molecule has 0 fully saturated rings. The normalized spacial score (nSPS) is 11.4. The zero-order chi connectivity index (χ0) is 14.8. The molecule has 0 radical (unpaired) electrons. The molecule has 0 spiro atoms. The van der Waals surface area contributed by atoms with E-state index >= 15 is 0 Å². The van der Waals surface area contributed by atoms with Gasteiger partial charge >= 0.3 is 0 Å².